The van der Waals surface area contributed by atoms with Gasteiger partial charge in [0.1, 0.15) is 0 Å². The summed E-state index contributed by atoms with van der Waals surface area (Å²) in [5.41, 5.74) is 4.42. The Kier molecular flexibility index (Phi) is 4.33. The standard InChI is InChI=1S/C22H23N3O/c1-3-9-22(26)25-21(14-19(23-25)16-10-5-4-6-11-16)18-15-24(2)20-13-8-7-12-17(18)20/h4-8,10-13,15,21H,3,9,14H2,1-2H3/t21-/m0/s1. The van der Waals surface area contributed by atoms with Crippen LogP contribution < -0.4 is 0 Å². The van der Waals surface area contributed by atoms with Gasteiger partial charge in [-0.2, -0.15) is 5.10 Å². The summed E-state index contributed by atoms with van der Waals surface area (Å²) in [4.78, 5) is 12.8. The van der Waals surface area contributed by atoms with Crippen LogP contribution in [0.1, 0.15) is 43.4 Å². The van der Waals surface area contributed by atoms with E-state index in [9.17, 15) is 4.79 Å². The van der Waals surface area contributed by atoms with Gasteiger partial charge in [0, 0.05) is 42.6 Å². The summed E-state index contributed by atoms with van der Waals surface area (Å²) in [5, 5.41) is 7.65. The monoisotopic (exact) mass is 345 g/mol. The lowest BCUT2D eigenvalue weighted by molar-refractivity contribution is -0.133. The summed E-state index contributed by atoms with van der Waals surface area (Å²) in [5.74, 6) is 0.0939. The minimum Gasteiger partial charge on any atom is -0.350 e. The second-order valence-corrected chi connectivity index (χ2v) is 6.83. The van der Waals surface area contributed by atoms with Crippen molar-refractivity contribution in [3.63, 3.8) is 0 Å². The summed E-state index contributed by atoms with van der Waals surface area (Å²) >= 11 is 0. The van der Waals surface area contributed by atoms with Crippen molar-refractivity contribution in [2.24, 2.45) is 12.1 Å². The van der Waals surface area contributed by atoms with E-state index in [1.165, 1.54) is 16.5 Å². The lowest BCUT2D eigenvalue weighted by Gasteiger charge is -2.21. The smallest absolute Gasteiger partial charge is 0.243 e. The number of aryl methyl sites for hydroxylation is 1. The number of rotatable bonds is 4. The Balaban J connectivity index is 1.78. The largest absolute Gasteiger partial charge is 0.350 e. The molecule has 26 heavy (non-hydrogen) atoms. The van der Waals surface area contributed by atoms with E-state index in [-0.39, 0.29) is 11.9 Å². The summed E-state index contributed by atoms with van der Waals surface area (Å²) in [6, 6.07) is 18.5. The van der Waals surface area contributed by atoms with Gasteiger partial charge in [0.15, 0.2) is 0 Å². The van der Waals surface area contributed by atoms with Crippen LogP contribution in [0.3, 0.4) is 0 Å². The van der Waals surface area contributed by atoms with E-state index in [0.717, 1.165) is 24.1 Å². The first-order valence-corrected chi connectivity index (χ1v) is 9.18. The van der Waals surface area contributed by atoms with Crippen molar-refractivity contribution in [3.05, 3.63) is 71.9 Å². The van der Waals surface area contributed by atoms with E-state index in [0.29, 0.717) is 6.42 Å². The third kappa shape index (κ3) is 2.81. The van der Waals surface area contributed by atoms with E-state index < -0.39 is 0 Å². The predicted octanol–water partition coefficient (Wildman–Crippen LogP) is 4.66. The number of carbonyl (C=O) groups excluding carboxylic acids is 1. The molecular weight excluding hydrogens is 322 g/mol. The maximum Gasteiger partial charge on any atom is 0.243 e. The molecular formula is C22H23N3O. The SMILES string of the molecule is CCCC(=O)N1N=C(c2ccccc2)C[C@H]1c1cn(C)c2ccccc12. The quantitative estimate of drug-likeness (QED) is 0.678. The van der Waals surface area contributed by atoms with Crippen LogP contribution in [-0.4, -0.2) is 21.2 Å². The highest BCUT2D eigenvalue weighted by Crippen LogP contribution is 2.37. The number of fused-ring (bicyclic) bond motifs is 1. The molecule has 2 heterocycles. The number of aromatic nitrogens is 1. The van der Waals surface area contributed by atoms with Gasteiger partial charge in [0.25, 0.3) is 0 Å². The molecule has 3 aromatic rings. The molecule has 4 heteroatoms. The first kappa shape index (κ1) is 16.6. The van der Waals surface area contributed by atoms with E-state index in [4.69, 9.17) is 5.10 Å². The number of hydrogen-bond acceptors (Lipinski definition) is 2. The van der Waals surface area contributed by atoms with Gasteiger partial charge in [-0.05, 0) is 18.1 Å². The van der Waals surface area contributed by atoms with Gasteiger partial charge in [-0.25, -0.2) is 5.01 Å². The van der Waals surface area contributed by atoms with Crippen molar-refractivity contribution in [1.29, 1.82) is 0 Å². The van der Waals surface area contributed by atoms with Gasteiger partial charge in [-0.15, -0.1) is 0 Å². The zero-order valence-corrected chi connectivity index (χ0v) is 15.2. The maximum atomic E-state index is 12.8. The number of hydrazone groups is 1. The van der Waals surface area contributed by atoms with Crippen LogP contribution in [0.15, 0.2) is 65.9 Å². The lowest BCUT2D eigenvalue weighted by Crippen LogP contribution is -2.26. The van der Waals surface area contributed by atoms with Gasteiger partial charge < -0.3 is 4.57 Å². The molecule has 4 nitrogen and oxygen atoms in total. The molecule has 0 radical (unpaired) electrons. The van der Waals surface area contributed by atoms with Crippen LogP contribution in [0.25, 0.3) is 10.9 Å². The Morgan fingerprint density at radius 3 is 2.62 bits per heavy atom. The summed E-state index contributed by atoms with van der Waals surface area (Å²) in [6.45, 7) is 2.03. The highest BCUT2D eigenvalue weighted by atomic mass is 16.2. The van der Waals surface area contributed by atoms with Crippen molar-refractivity contribution in [2.75, 3.05) is 0 Å². The average molecular weight is 345 g/mol. The highest BCUT2D eigenvalue weighted by molar-refractivity contribution is 6.03. The van der Waals surface area contributed by atoms with Crippen molar-refractivity contribution >= 4 is 22.5 Å². The summed E-state index contributed by atoms with van der Waals surface area (Å²) in [7, 11) is 2.05. The molecule has 1 atom stereocenters. The fourth-order valence-corrected chi connectivity index (χ4v) is 3.75. The molecule has 1 aliphatic rings. The first-order valence-electron chi connectivity index (χ1n) is 9.18. The number of amides is 1. The van der Waals surface area contributed by atoms with Gasteiger partial charge in [0.2, 0.25) is 5.91 Å². The van der Waals surface area contributed by atoms with Crippen molar-refractivity contribution in [3.8, 4) is 0 Å². The number of carbonyl (C=O) groups is 1. The number of benzene rings is 2. The Labute approximate surface area is 153 Å². The Hall–Kier alpha value is -2.88. The Bertz CT molecular complexity index is 971. The van der Waals surface area contributed by atoms with Crippen molar-refractivity contribution in [1.82, 2.24) is 9.58 Å². The third-order valence-corrected chi connectivity index (χ3v) is 5.02. The molecule has 1 amide bonds. The molecule has 1 aliphatic heterocycles. The zero-order valence-electron chi connectivity index (χ0n) is 15.2. The van der Waals surface area contributed by atoms with Crippen LogP contribution in [0.2, 0.25) is 0 Å². The van der Waals surface area contributed by atoms with Crippen LogP contribution in [0, 0.1) is 0 Å². The molecule has 0 N–H and O–H groups in total. The minimum atomic E-state index is -0.0460. The topological polar surface area (TPSA) is 37.6 Å². The molecule has 0 aliphatic carbocycles. The van der Waals surface area contributed by atoms with Crippen molar-refractivity contribution in [2.45, 2.75) is 32.2 Å². The fraction of sp³-hybridized carbons (Fsp3) is 0.273. The first-order chi connectivity index (χ1) is 12.7. The van der Waals surface area contributed by atoms with E-state index in [1.54, 1.807) is 5.01 Å². The Morgan fingerprint density at radius 1 is 1.12 bits per heavy atom. The molecule has 0 saturated heterocycles. The van der Waals surface area contributed by atoms with Gasteiger partial charge in [0.05, 0.1) is 11.8 Å². The summed E-state index contributed by atoms with van der Waals surface area (Å²) in [6.07, 6.45) is 4.24. The third-order valence-electron chi connectivity index (χ3n) is 5.02. The molecule has 0 bridgehead atoms. The minimum absolute atomic E-state index is 0.0460. The highest BCUT2D eigenvalue weighted by Gasteiger charge is 2.34. The van der Waals surface area contributed by atoms with Crippen LogP contribution in [-0.2, 0) is 11.8 Å². The van der Waals surface area contributed by atoms with E-state index in [2.05, 4.69) is 48.1 Å². The number of hydrogen-bond donors (Lipinski definition) is 0. The molecule has 0 fully saturated rings. The molecule has 0 unspecified atom stereocenters. The van der Waals surface area contributed by atoms with Crippen LogP contribution in [0.4, 0.5) is 0 Å². The molecule has 4 rings (SSSR count). The second kappa shape index (κ2) is 6.79. The van der Waals surface area contributed by atoms with E-state index >= 15 is 0 Å². The Morgan fingerprint density at radius 2 is 1.85 bits per heavy atom. The summed E-state index contributed by atoms with van der Waals surface area (Å²) < 4.78 is 2.13. The average Bonchev–Trinajstić information content (AvgIpc) is 3.25. The normalized spacial score (nSPS) is 16.9. The molecule has 1 aromatic heterocycles. The van der Waals surface area contributed by atoms with Crippen LogP contribution in [0.5, 0.6) is 0 Å². The second-order valence-electron chi connectivity index (χ2n) is 6.83. The van der Waals surface area contributed by atoms with Crippen LogP contribution >= 0.6 is 0 Å². The molecule has 0 spiro atoms. The van der Waals surface area contributed by atoms with Gasteiger partial charge in [-0.3, -0.25) is 4.79 Å². The molecule has 2 aromatic carbocycles. The zero-order chi connectivity index (χ0) is 18.1. The fourth-order valence-electron chi connectivity index (χ4n) is 3.75. The van der Waals surface area contributed by atoms with Gasteiger partial charge in [-0.1, -0.05) is 55.5 Å². The molecule has 132 valence electrons. The lowest BCUT2D eigenvalue weighted by atomic mass is 9.98. The predicted molar refractivity (Wildman–Crippen MR) is 105 cm³/mol. The maximum absolute atomic E-state index is 12.8. The van der Waals surface area contributed by atoms with E-state index in [1.807, 2.05) is 31.2 Å². The number of para-hydroxylation sites is 1. The van der Waals surface area contributed by atoms with Crippen molar-refractivity contribution < 1.29 is 4.79 Å². The number of nitrogens with zero attached hydrogens (tertiary/aromatic N) is 3. The molecule has 0 saturated carbocycles. The van der Waals surface area contributed by atoms with Gasteiger partial charge >= 0.3 is 0 Å².